The zero-order chi connectivity index (χ0) is 33.4. The Balaban J connectivity index is 1.69. The summed E-state index contributed by atoms with van der Waals surface area (Å²) in [5.41, 5.74) is 7.07. The Bertz CT molecular complexity index is 1620. The molecule has 0 radical (unpaired) electrons. The van der Waals surface area contributed by atoms with E-state index >= 15 is 0 Å². The van der Waals surface area contributed by atoms with Gasteiger partial charge < -0.3 is 9.67 Å². The lowest BCUT2D eigenvalue weighted by Gasteiger charge is -2.11. The van der Waals surface area contributed by atoms with Gasteiger partial charge in [-0.15, -0.1) is 0 Å². The number of aromatic carboxylic acids is 1. The molecule has 0 aliphatic carbocycles. The first-order valence-electron chi connectivity index (χ1n) is 18.4. The van der Waals surface area contributed by atoms with Crippen LogP contribution in [0.5, 0.6) is 0 Å². The lowest BCUT2D eigenvalue weighted by Crippen LogP contribution is -2.12. The number of rotatable bonds is 21. The molecule has 0 saturated heterocycles. The molecule has 4 rings (SSSR count). The maximum Gasteiger partial charge on any atom is 0.336 e. The summed E-state index contributed by atoms with van der Waals surface area (Å²) in [7, 11) is 0. The molecule has 0 aliphatic heterocycles. The normalized spacial score (nSPS) is 11.4. The standard InChI is InChI=1S/C42H56N2O3/c1-4-7-10-12-14-16-20-34-29-38-39(30-35(41(34)45)21-17-15-13-11-8-5-2)44(40(43-38)24-9-6-3)31-32-25-27-33(28-26-32)36-22-18-19-23-37(36)42(46)47/h18-19,22-23,25-30H,4-17,20-21,24,31H2,1-3H3,(H,46,47). The summed E-state index contributed by atoms with van der Waals surface area (Å²) in [5, 5.41) is 9.70. The van der Waals surface area contributed by atoms with E-state index in [0.29, 0.717) is 12.1 Å². The van der Waals surface area contributed by atoms with E-state index in [1.807, 2.05) is 24.3 Å². The number of nitrogens with zero attached hydrogens (tertiary/aromatic N) is 2. The van der Waals surface area contributed by atoms with Gasteiger partial charge in [0.25, 0.3) is 0 Å². The molecule has 0 saturated carbocycles. The molecule has 1 N–H and O–H groups in total. The highest BCUT2D eigenvalue weighted by molar-refractivity contribution is 5.96. The van der Waals surface area contributed by atoms with Crippen molar-refractivity contribution in [2.75, 3.05) is 0 Å². The van der Waals surface area contributed by atoms with E-state index in [9.17, 15) is 14.7 Å². The lowest BCUT2D eigenvalue weighted by molar-refractivity contribution is 0.0697. The minimum atomic E-state index is -0.923. The SMILES string of the molecule is CCCCCCCCc1cc2nc(CCCC)n(Cc3ccc(-c4ccccc4C(=O)O)cc3)c2cc(CCCCCCCC)c1=O. The summed E-state index contributed by atoms with van der Waals surface area (Å²) >= 11 is 0. The predicted molar refractivity (Wildman–Crippen MR) is 197 cm³/mol. The Morgan fingerprint density at radius 3 is 1.87 bits per heavy atom. The van der Waals surface area contributed by atoms with Gasteiger partial charge in [-0.05, 0) is 67.0 Å². The first-order chi connectivity index (χ1) is 23.0. The van der Waals surface area contributed by atoms with Crippen molar-refractivity contribution in [3.8, 4) is 11.1 Å². The van der Waals surface area contributed by atoms with Gasteiger partial charge in [-0.25, -0.2) is 9.78 Å². The maximum atomic E-state index is 14.0. The molecule has 0 aliphatic rings. The highest BCUT2D eigenvalue weighted by Crippen LogP contribution is 2.26. The molecule has 1 heterocycles. The molecular formula is C42H56N2O3. The quantitative estimate of drug-likeness (QED) is 0.0924. The summed E-state index contributed by atoms with van der Waals surface area (Å²) in [6.07, 6.45) is 19.1. The van der Waals surface area contributed by atoms with Crippen molar-refractivity contribution in [3.05, 3.63) is 99.0 Å². The molecule has 0 atom stereocenters. The van der Waals surface area contributed by atoms with Gasteiger partial charge in [0, 0.05) is 24.1 Å². The van der Waals surface area contributed by atoms with Crippen LogP contribution in [-0.2, 0) is 25.8 Å². The number of carboxylic acid groups (broad SMARTS) is 1. The minimum Gasteiger partial charge on any atom is -0.478 e. The number of unbranched alkanes of at least 4 members (excludes halogenated alkanes) is 11. The molecule has 0 spiro atoms. The summed E-state index contributed by atoms with van der Waals surface area (Å²) in [5.74, 6) is 0.144. The highest BCUT2D eigenvalue weighted by atomic mass is 16.4. The number of benzene rings is 2. The maximum absolute atomic E-state index is 14.0. The van der Waals surface area contributed by atoms with E-state index < -0.39 is 5.97 Å². The van der Waals surface area contributed by atoms with E-state index in [-0.39, 0.29) is 5.43 Å². The summed E-state index contributed by atoms with van der Waals surface area (Å²) in [6, 6.07) is 19.6. The van der Waals surface area contributed by atoms with Crippen LogP contribution in [-0.4, -0.2) is 20.6 Å². The Morgan fingerprint density at radius 1 is 0.681 bits per heavy atom. The molecule has 0 amide bonds. The molecule has 5 heteroatoms. The zero-order valence-corrected chi connectivity index (χ0v) is 29.2. The van der Waals surface area contributed by atoms with Crippen LogP contribution in [0.1, 0.15) is 144 Å². The number of imidazole rings is 1. The fourth-order valence-electron chi connectivity index (χ4n) is 6.62. The lowest BCUT2D eigenvalue weighted by atomic mass is 9.99. The van der Waals surface area contributed by atoms with Crippen LogP contribution in [0.3, 0.4) is 0 Å². The Labute approximate surface area is 282 Å². The predicted octanol–water partition coefficient (Wildman–Crippen LogP) is 11.0. The third-order valence-electron chi connectivity index (χ3n) is 9.44. The first kappa shape index (κ1) is 36.1. The second-order valence-corrected chi connectivity index (χ2v) is 13.2. The fraction of sp³-hybridized carbons (Fsp3) is 0.500. The van der Waals surface area contributed by atoms with E-state index in [1.54, 1.807) is 12.1 Å². The Hall–Kier alpha value is -3.73. The second kappa shape index (κ2) is 19.2. The van der Waals surface area contributed by atoms with E-state index in [0.717, 1.165) is 102 Å². The monoisotopic (exact) mass is 636 g/mol. The zero-order valence-electron chi connectivity index (χ0n) is 29.2. The number of hydrogen-bond acceptors (Lipinski definition) is 3. The van der Waals surface area contributed by atoms with Crippen molar-refractivity contribution in [1.82, 2.24) is 9.55 Å². The number of fused-ring (bicyclic) bond motifs is 1. The van der Waals surface area contributed by atoms with Crippen LogP contribution in [0.4, 0.5) is 0 Å². The Morgan fingerprint density at radius 2 is 1.26 bits per heavy atom. The van der Waals surface area contributed by atoms with Crippen LogP contribution in [0.15, 0.2) is 65.5 Å². The van der Waals surface area contributed by atoms with Crippen LogP contribution < -0.4 is 5.43 Å². The number of hydrogen-bond donors (Lipinski definition) is 1. The summed E-state index contributed by atoms with van der Waals surface area (Å²) in [6.45, 7) is 7.35. The molecule has 0 fully saturated rings. The average Bonchev–Trinajstić information content (AvgIpc) is 3.33. The van der Waals surface area contributed by atoms with Crippen molar-refractivity contribution in [2.24, 2.45) is 0 Å². The van der Waals surface area contributed by atoms with Crippen LogP contribution in [0.2, 0.25) is 0 Å². The van der Waals surface area contributed by atoms with Gasteiger partial charge >= 0.3 is 5.97 Å². The number of aryl methyl sites for hydroxylation is 3. The molecule has 1 aromatic heterocycles. The molecule has 252 valence electrons. The van der Waals surface area contributed by atoms with Crippen molar-refractivity contribution >= 4 is 17.0 Å². The average molecular weight is 637 g/mol. The minimum absolute atomic E-state index is 0.216. The molecule has 47 heavy (non-hydrogen) atoms. The van der Waals surface area contributed by atoms with Gasteiger partial charge in [-0.2, -0.15) is 0 Å². The van der Waals surface area contributed by atoms with Gasteiger partial charge in [-0.1, -0.05) is 134 Å². The third-order valence-corrected chi connectivity index (χ3v) is 9.44. The smallest absolute Gasteiger partial charge is 0.336 e. The van der Waals surface area contributed by atoms with Crippen molar-refractivity contribution in [2.45, 2.75) is 136 Å². The van der Waals surface area contributed by atoms with E-state index in [1.165, 1.54) is 51.4 Å². The van der Waals surface area contributed by atoms with Gasteiger partial charge in [0.15, 0.2) is 5.43 Å². The second-order valence-electron chi connectivity index (χ2n) is 13.2. The van der Waals surface area contributed by atoms with Crippen LogP contribution >= 0.6 is 0 Å². The number of aromatic nitrogens is 2. The first-order valence-corrected chi connectivity index (χ1v) is 18.4. The van der Waals surface area contributed by atoms with Gasteiger partial charge in [-0.3, -0.25) is 4.79 Å². The summed E-state index contributed by atoms with van der Waals surface area (Å²) < 4.78 is 2.32. The molecule has 0 unspecified atom stereocenters. The molecule has 4 aromatic rings. The van der Waals surface area contributed by atoms with Gasteiger partial charge in [0.2, 0.25) is 0 Å². The van der Waals surface area contributed by atoms with E-state index in [2.05, 4.69) is 49.6 Å². The number of carbonyl (C=O) groups is 1. The van der Waals surface area contributed by atoms with Crippen LogP contribution in [0.25, 0.3) is 22.2 Å². The largest absolute Gasteiger partial charge is 0.478 e. The Kier molecular flexibility index (Phi) is 14.7. The van der Waals surface area contributed by atoms with Gasteiger partial charge in [0.05, 0.1) is 16.6 Å². The third kappa shape index (κ3) is 10.4. The van der Waals surface area contributed by atoms with Crippen molar-refractivity contribution < 1.29 is 9.90 Å². The van der Waals surface area contributed by atoms with Gasteiger partial charge in [0.1, 0.15) is 5.82 Å². The topological polar surface area (TPSA) is 72.2 Å². The fourth-order valence-corrected chi connectivity index (χ4v) is 6.62. The van der Waals surface area contributed by atoms with Crippen molar-refractivity contribution in [3.63, 3.8) is 0 Å². The number of carboxylic acids is 1. The molecular weight excluding hydrogens is 580 g/mol. The highest BCUT2D eigenvalue weighted by Gasteiger charge is 2.16. The molecule has 5 nitrogen and oxygen atoms in total. The van der Waals surface area contributed by atoms with Crippen molar-refractivity contribution in [1.29, 1.82) is 0 Å². The van der Waals surface area contributed by atoms with E-state index in [4.69, 9.17) is 4.98 Å². The molecule has 3 aromatic carbocycles. The molecule has 0 bridgehead atoms. The van der Waals surface area contributed by atoms with Crippen LogP contribution in [0, 0.1) is 0 Å². The summed E-state index contributed by atoms with van der Waals surface area (Å²) in [4.78, 5) is 31.0.